The Bertz CT molecular complexity index is 726. The smallest absolute Gasteiger partial charge is 0.326 e. The summed E-state index contributed by atoms with van der Waals surface area (Å²) < 4.78 is 5.34. The number of thiophene rings is 1. The predicted octanol–water partition coefficient (Wildman–Crippen LogP) is 3.42. The highest BCUT2D eigenvalue weighted by Crippen LogP contribution is 2.26. The van der Waals surface area contributed by atoms with Crippen molar-refractivity contribution in [1.29, 1.82) is 0 Å². The minimum atomic E-state index is -1.04. The van der Waals surface area contributed by atoms with Crippen molar-refractivity contribution in [1.82, 2.24) is 5.32 Å². The number of rotatable bonds is 5. The Balaban J connectivity index is 1.65. The van der Waals surface area contributed by atoms with Crippen LogP contribution in [0.4, 0.5) is 10.5 Å². The molecule has 1 aromatic heterocycles. The van der Waals surface area contributed by atoms with Gasteiger partial charge in [-0.2, -0.15) is 0 Å². The number of carboxylic acids is 1. The van der Waals surface area contributed by atoms with Crippen LogP contribution in [0.3, 0.4) is 0 Å². The summed E-state index contributed by atoms with van der Waals surface area (Å²) in [7, 11) is 0. The maximum atomic E-state index is 12.2. The largest absolute Gasteiger partial charge is 0.480 e. The summed E-state index contributed by atoms with van der Waals surface area (Å²) in [5, 5.41) is 16.7. The zero-order valence-corrected chi connectivity index (χ0v) is 14.4. The zero-order valence-electron chi connectivity index (χ0n) is 13.6. The Morgan fingerprint density at radius 2 is 2.16 bits per heavy atom. The SMILES string of the molecule is O=C(Nc1cccc(-c2cccs2)c1)NC(C(=O)O)C1CCCOC1. The number of ether oxygens (including phenoxy) is 1. The highest BCUT2D eigenvalue weighted by molar-refractivity contribution is 7.13. The first-order valence-electron chi connectivity index (χ1n) is 8.15. The fourth-order valence-corrected chi connectivity index (χ4v) is 3.64. The molecule has 3 rings (SSSR count). The molecule has 2 unspecified atom stereocenters. The Kier molecular flexibility index (Phi) is 5.67. The summed E-state index contributed by atoms with van der Waals surface area (Å²) >= 11 is 1.62. The molecule has 2 aromatic rings. The topological polar surface area (TPSA) is 87.7 Å². The number of hydrogen-bond donors (Lipinski definition) is 3. The lowest BCUT2D eigenvalue weighted by Crippen LogP contribution is -2.49. The normalized spacial score (nSPS) is 18.3. The number of benzene rings is 1. The monoisotopic (exact) mass is 360 g/mol. The van der Waals surface area contributed by atoms with Crippen LogP contribution < -0.4 is 10.6 Å². The summed E-state index contributed by atoms with van der Waals surface area (Å²) in [5.41, 5.74) is 1.62. The standard InChI is InChI=1S/C18H20N2O4S/c21-17(22)16(13-5-2-8-24-11-13)20-18(23)19-14-6-1-4-12(10-14)15-7-3-9-25-15/h1,3-4,6-7,9-10,13,16H,2,5,8,11H2,(H,21,22)(H2,19,20,23). The molecule has 2 heterocycles. The van der Waals surface area contributed by atoms with Gasteiger partial charge in [-0.25, -0.2) is 9.59 Å². The van der Waals surface area contributed by atoms with E-state index in [0.29, 0.717) is 18.9 Å². The van der Waals surface area contributed by atoms with Crippen LogP contribution in [0.2, 0.25) is 0 Å². The van der Waals surface area contributed by atoms with E-state index in [1.807, 2.05) is 35.7 Å². The van der Waals surface area contributed by atoms with Crippen molar-refractivity contribution in [2.45, 2.75) is 18.9 Å². The molecule has 25 heavy (non-hydrogen) atoms. The summed E-state index contributed by atoms with van der Waals surface area (Å²) in [5.74, 6) is -1.26. The maximum Gasteiger partial charge on any atom is 0.326 e. The van der Waals surface area contributed by atoms with Crippen molar-refractivity contribution in [2.24, 2.45) is 5.92 Å². The van der Waals surface area contributed by atoms with Gasteiger partial charge in [-0.3, -0.25) is 0 Å². The molecule has 0 aliphatic carbocycles. The second-order valence-corrected chi connectivity index (χ2v) is 6.90. The first kappa shape index (κ1) is 17.4. The van der Waals surface area contributed by atoms with Crippen LogP contribution in [0.15, 0.2) is 41.8 Å². The van der Waals surface area contributed by atoms with Gasteiger partial charge < -0.3 is 20.5 Å². The fraction of sp³-hybridized carbons (Fsp3) is 0.333. The number of urea groups is 1. The van der Waals surface area contributed by atoms with Gasteiger partial charge in [-0.05, 0) is 42.0 Å². The van der Waals surface area contributed by atoms with E-state index in [1.165, 1.54) is 0 Å². The number of amides is 2. The number of carbonyl (C=O) groups excluding carboxylic acids is 1. The summed E-state index contributed by atoms with van der Waals surface area (Å²) in [6.07, 6.45) is 1.53. The quantitative estimate of drug-likeness (QED) is 0.762. The molecule has 2 atom stereocenters. The summed E-state index contributed by atoms with van der Waals surface area (Å²) in [6, 6.07) is 9.95. The molecule has 1 aliphatic rings. The lowest BCUT2D eigenvalue weighted by Gasteiger charge is -2.28. The van der Waals surface area contributed by atoms with Gasteiger partial charge in [0, 0.05) is 23.1 Å². The van der Waals surface area contributed by atoms with Crippen molar-refractivity contribution in [3.63, 3.8) is 0 Å². The summed E-state index contributed by atoms with van der Waals surface area (Å²) in [4.78, 5) is 24.8. The van der Waals surface area contributed by atoms with E-state index < -0.39 is 18.0 Å². The molecule has 0 saturated carbocycles. The molecule has 1 aromatic carbocycles. The van der Waals surface area contributed by atoms with Gasteiger partial charge in [0.1, 0.15) is 6.04 Å². The second-order valence-electron chi connectivity index (χ2n) is 5.95. The van der Waals surface area contributed by atoms with Crippen molar-refractivity contribution in [3.05, 3.63) is 41.8 Å². The highest BCUT2D eigenvalue weighted by Gasteiger charge is 2.31. The minimum Gasteiger partial charge on any atom is -0.480 e. The van der Waals surface area contributed by atoms with Gasteiger partial charge in [-0.1, -0.05) is 18.2 Å². The van der Waals surface area contributed by atoms with Crippen molar-refractivity contribution in [2.75, 3.05) is 18.5 Å². The molecule has 2 amide bonds. The van der Waals surface area contributed by atoms with Crippen LogP contribution in [-0.4, -0.2) is 36.4 Å². The van der Waals surface area contributed by atoms with E-state index in [0.717, 1.165) is 23.3 Å². The average Bonchev–Trinajstić information content (AvgIpc) is 3.15. The molecular formula is C18H20N2O4S. The summed E-state index contributed by atoms with van der Waals surface area (Å²) in [6.45, 7) is 0.996. The molecule has 3 N–H and O–H groups in total. The maximum absolute atomic E-state index is 12.2. The molecule has 1 aliphatic heterocycles. The molecular weight excluding hydrogens is 340 g/mol. The van der Waals surface area contributed by atoms with E-state index in [-0.39, 0.29) is 5.92 Å². The minimum absolute atomic E-state index is 0.213. The lowest BCUT2D eigenvalue weighted by atomic mass is 9.94. The second kappa shape index (κ2) is 8.13. The first-order valence-corrected chi connectivity index (χ1v) is 9.03. The van der Waals surface area contributed by atoms with Crippen LogP contribution in [0.25, 0.3) is 10.4 Å². The molecule has 0 spiro atoms. The number of aliphatic carboxylic acids is 1. The molecule has 0 radical (unpaired) electrons. The van der Waals surface area contributed by atoms with Gasteiger partial charge >= 0.3 is 12.0 Å². The Hall–Kier alpha value is -2.38. The van der Waals surface area contributed by atoms with Crippen LogP contribution in [0, 0.1) is 5.92 Å². The van der Waals surface area contributed by atoms with E-state index in [1.54, 1.807) is 17.4 Å². The molecule has 132 valence electrons. The number of nitrogens with one attached hydrogen (secondary N) is 2. The van der Waals surface area contributed by atoms with Gasteiger partial charge in [0.05, 0.1) is 6.61 Å². The van der Waals surface area contributed by atoms with Crippen LogP contribution in [0.5, 0.6) is 0 Å². The van der Waals surface area contributed by atoms with Crippen LogP contribution >= 0.6 is 11.3 Å². The molecule has 0 bridgehead atoms. The average molecular weight is 360 g/mol. The zero-order chi connectivity index (χ0) is 17.6. The van der Waals surface area contributed by atoms with Gasteiger partial charge in [0.25, 0.3) is 0 Å². The Labute approximate surface area is 149 Å². The highest BCUT2D eigenvalue weighted by atomic mass is 32.1. The predicted molar refractivity (Wildman–Crippen MR) is 96.9 cm³/mol. The third-order valence-corrected chi connectivity index (χ3v) is 5.06. The third-order valence-electron chi connectivity index (χ3n) is 4.15. The Morgan fingerprint density at radius 3 is 2.84 bits per heavy atom. The van der Waals surface area contributed by atoms with E-state index in [2.05, 4.69) is 10.6 Å². The molecule has 1 saturated heterocycles. The fourth-order valence-electron chi connectivity index (χ4n) is 2.91. The van der Waals surface area contributed by atoms with Crippen molar-refractivity contribution in [3.8, 4) is 10.4 Å². The van der Waals surface area contributed by atoms with Crippen LogP contribution in [0.1, 0.15) is 12.8 Å². The molecule has 1 fully saturated rings. The van der Waals surface area contributed by atoms with Crippen LogP contribution in [-0.2, 0) is 9.53 Å². The van der Waals surface area contributed by atoms with Gasteiger partial charge in [0.2, 0.25) is 0 Å². The van der Waals surface area contributed by atoms with Crippen molar-refractivity contribution >= 4 is 29.0 Å². The first-order chi connectivity index (χ1) is 12.1. The number of anilines is 1. The van der Waals surface area contributed by atoms with E-state index in [4.69, 9.17) is 4.74 Å². The van der Waals surface area contributed by atoms with Gasteiger partial charge in [0.15, 0.2) is 0 Å². The number of carboxylic acid groups (broad SMARTS) is 1. The van der Waals surface area contributed by atoms with Gasteiger partial charge in [-0.15, -0.1) is 11.3 Å². The molecule has 6 nitrogen and oxygen atoms in total. The Morgan fingerprint density at radius 1 is 1.28 bits per heavy atom. The third kappa shape index (κ3) is 4.58. The lowest BCUT2D eigenvalue weighted by molar-refractivity contribution is -0.142. The number of carbonyl (C=O) groups is 2. The van der Waals surface area contributed by atoms with E-state index >= 15 is 0 Å². The van der Waals surface area contributed by atoms with E-state index in [9.17, 15) is 14.7 Å². The molecule has 7 heteroatoms. The van der Waals surface area contributed by atoms with Crippen molar-refractivity contribution < 1.29 is 19.4 Å². The number of hydrogen-bond acceptors (Lipinski definition) is 4.